The van der Waals surface area contributed by atoms with Gasteiger partial charge in [0.05, 0.1) is 16.9 Å². The molecular weight excluding hydrogens is 458 g/mol. The number of nitrogens with one attached hydrogen (secondary N) is 1. The second-order valence-corrected chi connectivity index (χ2v) is 6.56. The van der Waals surface area contributed by atoms with Gasteiger partial charge in [0.2, 0.25) is 0 Å². The summed E-state index contributed by atoms with van der Waals surface area (Å²) in [5.74, 6) is -4.18. The molecule has 0 spiro atoms. The summed E-state index contributed by atoms with van der Waals surface area (Å²) in [6, 6.07) is 8.08. The fourth-order valence-electron chi connectivity index (χ4n) is 2.48. The minimum absolute atomic E-state index is 0.0761. The Kier molecular flexibility index (Phi) is 5.12. The number of nitrogens with zero attached hydrogens (tertiary/aromatic N) is 1. The van der Waals surface area contributed by atoms with Crippen LogP contribution in [0.2, 0.25) is 0 Å². The fraction of sp³-hybridized carbons (Fsp3) is 0. The standard InChI is InChI=1S/C18H11F3IN3O/c19-12-7-10(22)1-2-14(12)25-17-15(18(23)26)11(8-13(20)16(17)21)9-3-5-24-6-4-9/h1-8,25H,(H2,23,26). The van der Waals surface area contributed by atoms with Crippen molar-refractivity contribution in [1.82, 2.24) is 4.98 Å². The fourth-order valence-corrected chi connectivity index (χ4v) is 2.94. The van der Waals surface area contributed by atoms with Crippen molar-refractivity contribution < 1.29 is 18.0 Å². The Labute approximate surface area is 160 Å². The van der Waals surface area contributed by atoms with Gasteiger partial charge in [0, 0.05) is 16.0 Å². The van der Waals surface area contributed by atoms with Gasteiger partial charge in [-0.05, 0) is 70.1 Å². The highest BCUT2D eigenvalue weighted by atomic mass is 127. The molecule has 0 atom stereocenters. The van der Waals surface area contributed by atoms with E-state index >= 15 is 0 Å². The molecule has 0 unspecified atom stereocenters. The smallest absolute Gasteiger partial charge is 0.251 e. The zero-order chi connectivity index (χ0) is 18.8. The number of primary amides is 1. The Morgan fingerprint density at radius 2 is 1.73 bits per heavy atom. The van der Waals surface area contributed by atoms with Gasteiger partial charge >= 0.3 is 0 Å². The first-order valence-electron chi connectivity index (χ1n) is 7.32. The number of aromatic nitrogens is 1. The number of hydrogen-bond acceptors (Lipinski definition) is 3. The van der Waals surface area contributed by atoms with Crippen molar-refractivity contribution in [2.45, 2.75) is 0 Å². The molecule has 0 fully saturated rings. The van der Waals surface area contributed by atoms with Gasteiger partial charge in [-0.2, -0.15) is 0 Å². The van der Waals surface area contributed by atoms with Crippen LogP contribution in [0.1, 0.15) is 10.4 Å². The average Bonchev–Trinajstić information content (AvgIpc) is 2.61. The van der Waals surface area contributed by atoms with Gasteiger partial charge in [0.1, 0.15) is 5.82 Å². The Hall–Kier alpha value is -2.62. The van der Waals surface area contributed by atoms with Crippen LogP contribution in [0.15, 0.2) is 48.8 Å². The molecule has 0 aliphatic heterocycles. The minimum Gasteiger partial charge on any atom is -0.366 e. The van der Waals surface area contributed by atoms with Gasteiger partial charge in [0.25, 0.3) is 5.91 Å². The molecule has 0 saturated heterocycles. The van der Waals surface area contributed by atoms with Crippen LogP contribution in [0.5, 0.6) is 0 Å². The van der Waals surface area contributed by atoms with Crippen LogP contribution in [0, 0.1) is 21.0 Å². The van der Waals surface area contributed by atoms with Crippen LogP contribution >= 0.6 is 22.6 Å². The molecule has 26 heavy (non-hydrogen) atoms. The summed E-state index contributed by atoms with van der Waals surface area (Å²) in [5.41, 5.74) is 4.98. The summed E-state index contributed by atoms with van der Waals surface area (Å²) >= 11 is 1.91. The number of carbonyl (C=O) groups is 1. The van der Waals surface area contributed by atoms with Crippen molar-refractivity contribution in [1.29, 1.82) is 0 Å². The molecule has 0 radical (unpaired) electrons. The molecule has 2 aromatic carbocycles. The summed E-state index contributed by atoms with van der Waals surface area (Å²) in [6.07, 6.45) is 2.88. The number of benzene rings is 2. The van der Waals surface area contributed by atoms with E-state index in [1.165, 1.54) is 36.7 Å². The van der Waals surface area contributed by atoms with Crippen LogP contribution in [0.25, 0.3) is 11.1 Å². The zero-order valence-electron chi connectivity index (χ0n) is 13.1. The van der Waals surface area contributed by atoms with Gasteiger partial charge in [-0.1, -0.05) is 0 Å². The van der Waals surface area contributed by atoms with Gasteiger partial charge in [0.15, 0.2) is 11.6 Å². The normalized spacial score (nSPS) is 10.6. The third kappa shape index (κ3) is 3.50. The maximum Gasteiger partial charge on any atom is 0.251 e. The molecule has 3 N–H and O–H groups in total. The van der Waals surface area contributed by atoms with Crippen molar-refractivity contribution in [2.24, 2.45) is 5.73 Å². The molecule has 132 valence electrons. The van der Waals surface area contributed by atoms with Crippen molar-refractivity contribution in [2.75, 3.05) is 5.32 Å². The largest absolute Gasteiger partial charge is 0.366 e. The van der Waals surface area contributed by atoms with Crippen molar-refractivity contribution in [3.63, 3.8) is 0 Å². The highest BCUT2D eigenvalue weighted by molar-refractivity contribution is 14.1. The first-order chi connectivity index (χ1) is 12.4. The Morgan fingerprint density at radius 1 is 1.04 bits per heavy atom. The molecule has 3 aromatic rings. The number of halogens is 4. The minimum atomic E-state index is -1.32. The summed E-state index contributed by atoms with van der Waals surface area (Å²) < 4.78 is 43.3. The number of hydrogen-bond donors (Lipinski definition) is 2. The quantitative estimate of drug-likeness (QED) is 0.549. The third-order valence-corrected chi connectivity index (χ3v) is 4.32. The number of carbonyl (C=O) groups excluding carboxylic acids is 1. The molecule has 0 bridgehead atoms. The summed E-state index contributed by atoms with van der Waals surface area (Å²) in [7, 11) is 0. The van der Waals surface area contributed by atoms with Crippen molar-refractivity contribution in [3.8, 4) is 11.1 Å². The van der Waals surface area contributed by atoms with E-state index in [9.17, 15) is 18.0 Å². The van der Waals surface area contributed by atoms with E-state index in [1.807, 2.05) is 22.6 Å². The monoisotopic (exact) mass is 469 g/mol. The lowest BCUT2D eigenvalue weighted by molar-refractivity contribution is 0.100. The van der Waals surface area contributed by atoms with E-state index in [4.69, 9.17) is 5.73 Å². The molecule has 3 rings (SSSR count). The molecule has 0 aliphatic carbocycles. The first kappa shape index (κ1) is 18.2. The SMILES string of the molecule is NC(=O)c1c(-c2ccncc2)cc(F)c(F)c1Nc1ccc(I)cc1F. The molecule has 1 heterocycles. The van der Waals surface area contributed by atoms with Gasteiger partial charge in [-0.15, -0.1) is 0 Å². The number of pyridine rings is 1. The lowest BCUT2D eigenvalue weighted by Crippen LogP contribution is -2.17. The lowest BCUT2D eigenvalue weighted by atomic mass is 9.97. The molecule has 1 aromatic heterocycles. The topological polar surface area (TPSA) is 68.0 Å². The molecule has 8 heteroatoms. The van der Waals surface area contributed by atoms with Crippen molar-refractivity contribution in [3.05, 3.63) is 75.4 Å². The predicted octanol–water partition coefficient (Wildman–Crippen LogP) is 4.61. The number of amides is 1. The summed E-state index contributed by atoms with van der Waals surface area (Å²) in [4.78, 5) is 15.8. The maximum absolute atomic E-state index is 14.4. The average molecular weight is 469 g/mol. The highest BCUT2D eigenvalue weighted by Crippen LogP contribution is 2.35. The van der Waals surface area contributed by atoms with Crippen LogP contribution in [-0.4, -0.2) is 10.9 Å². The van der Waals surface area contributed by atoms with Gasteiger partial charge in [-0.3, -0.25) is 9.78 Å². The molecular formula is C18H11F3IN3O. The van der Waals surface area contributed by atoms with Crippen LogP contribution < -0.4 is 11.1 Å². The van der Waals surface area contributed by atoms with E-state index in [2.05, 4.69) is 10.3 Å². The van der Waals surface area contributed by atoms with E-state index < -0.39 is 29.0 Å². The summed E-state index contributed by atoms with van der Waals surface area (Å²) in [5, 5.41) is 2.46. The third-order valence-electron chi connectivity index (χ3n) is 3.65. The first-order valence-corrected chi connectivity index (χ1v) is 8.40. The van der Waals surface area contributed by atoms with E-state index in [-0.39, 0.29) is 16.8 Å². The van der Waals surface area contributed by atoms with Crippen molar-refractivity contribution >= 4 is 39.9 Å². The Bertz CT molecular complexity index is 997. The second-order valence-electron chi connectivity index (χ2n) is 5.32. The van der Waals surface area contributed by atoms with E-state index in [0.717, 1.165) is 6.07 Å². The maximum atomic E-state index is 14.4. The van der Waals surface area contributed by atoms with E-state index in [1.54, 1.807) is 6.07 Å². The van der Waals surface area contributed by atoms with Gasteiger partial charge in [-0.25, -0.2) is 13.2 Å². The predicted molar refractivity (Wildman–Crippen MR) is 101 cm³/mol. The number of anilines is 2. The zero-order valence-corrected chi connectivity index (χ0v) is 15.2. The number of rotatable bonds is 4. The second kappa shape index (κ2) is 7.32. The van der Waals surface area contributed by atoms with E-state index in [0.29, 0.717) is 9.13 Å². The lowest BCUT2D eigenvalue weighted by Gasteiger charge is -2.16. The highest BCUT2D eigenvalue weighted by Gasteiger charge is 2.24. The Morgan fingerprint density at radius 3 is 2.35 bits per heavy atom. The molecule has 0 aliphatic rings. The van der Waals surface area contributed by atoms with Crippen LogP contribution in [-0.2, 0) is 0 Å². The van der Waals surface area contributed by atoms with Crippen LogP contribution in [0.3, 0.4) is 0 Å². The van der Waals surface area contributed by atoms with Gasteiger partial charge < -0.3 is 11.1 Å². The Balaban J connectivity index is 2.23. The molecule has 1 amide bonds. The number of nitrogens with two attached hydrogens (primary N) is 1. The molecule has 4 nitrogen and oxygen atoms in total. The van der Waals surface area contributed by atoms with Crippen LogP contribution in [0.4, 0.5) is 24.5 Å². The summed E-state index contributed by atoms with van der Waals surface area (Å²) in [6.45, 7) is 0. The molecule has 0 saturated carbocycles.